The van der Waals surface area contributed by atoms with Gasteiger partial charge in [-0.25, -0.2) is 0 Å². The second-order valence-electron chi connectivity index (χ2n) is 7.07. The molecule has 1 N–H and O–H groups in total. The predicted octanol–water partition coefficient (Wildman–Crippen LogP) is 2.00. The highest BCUT2D eigenvalue weighted by Crippen LogP contribution is 2.40. The third-order valence-corrected chi connectivity index (χ3v) is 5.62. The zero-order chi connectivity index (χ0) is 15.5. The van der Waals surface area contributed by atoms with Crippen LogP contribution >= 0.6 is 0 Å². The van der Waals surface area contributed by atoms with Gasteiger partial charge in [-0.05, 0) is 31.1 Å². The molecule has 3 atom stereocenters. The minimum Gasteiger partial charge on any atom is -0.353 e. The number of likely N-dealkylation sites (tertiary alicyclic amines) is 1. The third kappa shape index (κ3) is 3.50. The quantitative estimate of drug-likeness (QED) is 0.808. The van der Waals surface area contributed by atoms with E-state index in [1.807, 2.05) is 0 Å². The predicted molar refractivity (Wildman–Crippen MR) is 81.8 cm³/mol. The molecule has 2 saturated carbocycles. The highest BCUT2D eigenvalue weighted by molar-refractivity contribution is 6.02. The molecule has 0 aromatic heterocycles. The Kier molecular flexibility index (Phi) is 4.79. The fourth-order valence-corrected chi connectivity index (χ4v) is 4.39. The maximum atomic E-state index is 12.1. The first-order valence-electron chi connectivity index (χ1n) is 8.76. The van der Waals surface area contributed by atoms with Crippen LogP contribution in [0, 0.1) is 11.8 Å². The van der Waals surface area contributed by atoms with Crippen molar-refractivity contribution < 1.29 is 14.4 Å². The lowest BCUT2D eigenvalue weighted by molar-refractivity contribution is -0.138. The van der Waals surface area contributed by atoms with E-state index in [0.29, 0.717) is 12.8 Å². The van der Waals surface area contributed by atoms with Gasteiger partial charge in [-0.2, -0.15) is 0 Å². The van der Waals surface area contributed by atoms with Crippen LogP contribution in [0.5, 0.6) is 0 Å². The number of rotatable bonds is 4. The Morgan fingerprint density at radius 1 is 1.00 bits per heavy atom. The van der Waals surface area contributed by atoms with Crippen molar-refractivity contribution in [2.75, 3.05) is 6.54 Å². The van der Waals surface area contributed by atoms with Gasteiger partial charge in [0.15, 0.2) is 0 Å². The summed E-state index contributed by atoms with van der Waals surface area (Å²) < 4.78 is 0. The molecule has 2 aliphatic carbocycles. The first-order valence-corrected chi connectivity index (χ1v) is 8.76. The van der Waals surface area contributed by atoms with Crippen molar-refractivity contribution in [1.29, 1.82) is 0 Å². The molecule has 0 spiro atoms. The smallest absolute Gasteiger partial charge is 0.229 e. The number of hydrogen-bond acceptors (Lipinski definition) is 3. The molecule has 3 fully saturated rings. The van der Waals surface area contributed by atoms with Crippen LogP contribution in [0.4, 0.5) is 0 Å². The zero-order valence-electron chi connectivity index (χ0n) is 13.2. The van der Waals surface area contributed by atoms with Crippen molar-refractivity contribution in [3.63, 3.8) is 0 Å². The molecule has 3 rings (SSSR count). The highest BCUT2D eigenvalue weighted by atomic mass is 16.2. The maximum Gasteiger partial charge on any atom is 0.229 e. The van der Waals surface area contributed by atoms with Crippen LogP contribution in [0.25, 0.3) is 0 Å². The van der Waals surface area contributed by atoms with Crippen molar-refractivity contribution in [2.24, 2.45) is 11.8 Å². The number of nitrogens with zero attached hydrogens (tertiary/aromatic N) is 1. The van der Waals surface area contributed by atoms with Crippen LogP contribution in [-0.4, -0.2) is 35.2 Å². The summed E-state index contributed by atoms with van der Waals surface area (Å²) in [6, 6.07) is 0.289. The van der Waals surface area contributed by atoms with Crippen LogP contribution < -0.4 is 5.32 Å². The molecule has 22 heavy (non-hydrogen) atoms. The fraction of sp³-hybridized carbons (Fsp3) is 0.824. The van der Waals surface area contributed by atoms with Gasteiger partial charge in [0.1, 0.15) is 0 Å². The average Bonchev–Trinajstić information content (AvgIpc) is 2.84. The monoisotopic (exact) mass is 306 g/mol. The van der Waals surface area contributed by atoms with Crippen molar-refractivity contribution in [3.8, 4) is 0 Å². The van der Waals surface area contributed by atoms with Gasteiger partial charge in [0.2, 0.25) is 17.7 Å². The van der Waals surface area contributed by atoms with Gasteiger partial charge >= 0.3 is 0 Å². The van der Waals surface area contributed by atoms with Gasteiger partial charge in [-0.15, -0.1) is 0 Å². The van der Waals surface area contributed by atoms with E-state index in [1.165, 1.54) is 37.0 Å². The summed E-state index contributed by atoms with van der Waals surface area (Å²) in [4.78, 5) is 36.4. The van der Waals surface area contributed by atoms with E-state index in [0.717, 1.165) is 24.7 Å². The topological polar surface area (TPSA) is 66.5 Å². The third-order valence-electron chi connectivity index (χ3n) is 5.62. The summed E-state index contributed by atoms with van der Waals surface area (Å²) in [5.74, 6) is 1.36. The Labute approximate surface area is 131 Å². The second kappa shape index (κ2) is 6.80. The molecule has 5 heteroatoms. The molecule has 0 aromatic carbocycles. The molecule has 3 amide bonds. The van der Waals surface area contributed by atoms with E-state index in [2.05, 4.69) is 5.32 Å². The van der Waals surface area contributed by atoms with Crippen molar-refractivity contribution in [2.45, 2.75) is 70.3 Å². The van der Waals surface area contributed by atoms with Gasteiger partial charge < -0.3 is 5.32 Å². The average molecular weight is 306 g/mol. The standard InChI is InChI=1S/C17H26N2O3/c20-15(9-10-19-16(21)7-8-17(19)22)18-14-6-5-12-3-1-2-4-13(12)11-14/h12-14H,1-11H2,(H,18,20). The van der Waals surface area contributed by atoms with E-state index in [1.54, 1.807) is 0 Å². The van der Waals surface area contributed by atoms with E-state index in [-0.39, 0.29) is 36.7 Å². The Morgan fingerprint density at radius 2 is 1.68 bits per heavy atom. The number of carbonyl (C=O) groups is 3. The highest BCUT2D eigenvalue weighted by Gasteiger charge is 2.33. The number of nitrogens with one attached hydrogen (secondary N) is 1. The fourth-order valence-electron chi connectivity index (χ4n) is 4.39. The van der Waals surface area contributed by atoms with Crippen LogP contribution in [0.3, 0.4) is 0 Å². The van der Waals surface area contributed by atoms with Gasteiger partial charge in [0.05, 0.1) is 0 Å². The van der Waals surface area contributed by atoms with Gasteiger partial charge in [-0.3, -0.25) is 19.3 Å². The lowest BCUT2D eigenvalue weighted by Gasteiger charge is -2.39. The Hall–Kier alpha value is -1.39. The molecule has 3 aliphatic rings. The summed E-state index contributed by atoms with van der Waals surface area (Å²) in [6.07, 6.45) is 9.64. The van der Waals surface area contributed by atoms with E-state index in [9.17, 15) is 14.4 Å². The normalized spacial score (nSPS) is 32.0. The van der Waals surface area contributed by atoms with Crippen molar-refractivity contribution in [1.82, 2.24) is 10.2 Å². The largest absolute Gasteiger partial charge is 0.353 e. The number of amides is 3. The number of fused-ring (bicyclic) bond motifs is 1. The maximum absolute atomic E-state index is 12.1. The Balaban J connectivity index is 1.42. The zero-order valence-corrected chi connectivity index (χ0v) is 13.2. The molecule has 1 aliphatic heterocycles. The minimum atomic E-state index is -0.138. The summed E-state index contributed by atoms with van der Waals surface area (Å²) in [6.45, 7) is 0.238. The molecule has 1 saturated heterocycles. The van der Waals surface area contributed by atoms with E-state index >= 15 is 0 Å². The van der Waals surface area contributed by atoms with Crippen LogP contribution in [0.1, 0.15) is 64.2 Å². The van der Waals surface area contributed by atoms with Gasteiger partial charge in [0, 0.05) is 31.8 Å². The van der Waals surface area contributed by atoms with Crippen molar-refractivity contribution in [3.05, 3.63) is 0 Å². The SMILES string of the molecule is O=C(CCN1C(=O)CCC1=O)NC1CCC2CCCCC2C1. The lowest BCUT2D eigenvalue weighted by Crippen LogP contribution is -2.43. The molecular weight excluding hydrogens is 280 g/mol. The molecule has 122 valence electrons. The van der Waals surface area contributed by atoms with Gasteiger partial charge in [-0.1, -0.05) is 25.7 Å². The molecule has 1 heterocycles. The van der Waals surface area contributed by atoms with Gasteiger partial charge in [0.25, 0.3) is 0 Å². The Morgan fingerprint density at radius 3 is 2.41 bits per heavy atom. The molecule has 5 nitrogen and oxygen atoms in total. The summed E-state index contributed by atoms with van der Waals surface area (Å²) in [7, 11) is 0. The lowest BCUT2D eigenvalue weighted by atomic mass is 9.69. The van der Waals surface area contributed by atoms with E-state index < -0.39 is 0 Å². The molecule has 0 bridgehead atoms. The summed E-state index contributed by atoms with van der Waals surface area (Å²) in [5.41, 5.74) is 0. The van der Waals surface area contributed by atoms with Crippen LogP contribution in [0.15, 0.2) is 0 Å². The number of hydrogen-bond donors (Lipinski definition) is 1. The van der Waals surface area contributed by atoms with Crippen LogP contribution in [0.2, 0.25) is 0 Å². The van der Waals surface area contributed by atoms with Crippen molar-refractivity contribution >= 4 is 17.7 Å². The number of imide groups is 1. The Bertz CT molecular complexity index is 447. The first-order chi connectivity index (χ1) is 10.6. The molecule has 0 radical (unpaired) electrons. The summed E-state index contributed by atoms with van der Waals surface area (Å²) >= 11 is 0. The molecule has 3 unspecified atom stereocenters. The molecular formula is C17H26N2O3. The molecule has 0 aromatic rings. The summed E-state index contributed by atoms with van der Waals surface area (Å²) in [5, 5.41) is 3.12. The minimum absolute atomic E-state index is 0.0215. The first kappa shape index (κ1) is 15.5. The number of carbonyl (C=O) groups excluding carboxylic acids is 3. The van der Waals surface area contributed by atoms with E-state index in [4.69, 9.17) is 0 Å². The van der Waals surface area contributed by atoms with Crippen LogP contribution in [-0.2, 0) is 14.4 Å². The second-order valence-corrected chi connectivity index (χ2v) is 7.07.